The number of benzene rings is 4. The van der Waals surface area contributed by atoms with E-state index in [1.54, 1.807) is 31.2 Å². The molecular weight excluding hydrogens is 598 g/mol. The molecule has 1 N–H and O–H groups in total. The third kappa shape index (κ3) is 7.78. The van der Waals surface area contributed by atoms with Crippen LogP contribution in [-0.2, 0) is 32.6 Å². The standard InChI is InChI=1S/C34H36ClN3O5S/c1-4-43-32-17-11-10-16-30(32)38(44(41,42)29-20-18-28(35)19-21-29)24-33(39)37(23-27-15-9-8-12-25(27)2)31(34(40)36-3)22-26-13-6-5-7-14-26/h5-21,31H,4,22-24H2,1-3H3,(H,36,40)/t31-/m1/s1. The average molecular weight is 634 g/mol. The zero-order valence-corrected chi connectivity index (χ0v) is 26.5. The molecule has 0 unspecified atom stereocenters. The summed E-state index contributed by atoms with van der Waals surface area (Å²) >= 11 is 6.06. The van der Waals surface area contributed by atoms with Gasteiger partial charge in [0.2, 0.25) is 11.8 Å². The predicted molar refractivity (Wildman–Crippen MR) is 173 cm³/mol. The molecule has 0 aliphatic carbocycles. The maximum Gasteiger partial charge on any atom is 0.264 e. The largest absolute Gasteiger partial charge is 0.492 e. The molecule has 0 saturated heterocycles. The SMILES string of the molecule is CCOc1ccccc1N(CC(=O)N(Cc1ccccc1C)[C@H](Cc1ccccc1)C(=O)NC)S(=O)(=O)c1ccc(Cl)cc1. The van der Waals surface area contributed by atoms with E-state index in [4.69, 9.17) is 16.3 Å². The Balaban J connectivity index is 1.83. The van der Waals surface area contributed by atoms with Crippen molar-refractivity contribution < 1.29 is 22.7 Å². The van der Waals surface area contributed by atoms with Gasteiger partial charge in [-0.3, -0.25) is 13.9 Å². The van der Waals surface area contributed by atoms with Gasteiger partial charge in [0.1, 0.15) is 18.3 Å². The lowest BCUT2D eigenvalue weighted by molar-refractivity contribution is -0.139. The lowest BCUT2D eigenvalue weighted by Crippen LogP contribution is -2.53. The second-order valence-corrected chi connectivity index (χ2v) is 12.4. The van der Waals surface area contributed by atoms with Crippen molar-refractivity contribution in [2.24, 2.45) is 0 Å². The van der Waals surface area contributed by atoms with Crippen molar-refractivity contribution >= 4 is 39.1 Å². The number of carbonyl (C=O) groups excluding carboxylic acids is 2. The van der Waals surface area contributed by atoms with Crippen LogP contribution in [0.15, 0.2) is 108 Å². The maximum atomic E-state index is 14.5. The highest BCUT2D eigenvalue weighted by Gasteiger charge is 2.35. The van der Waals surface area contributed by atoms with Gasteiger partial charge in [0, 0.05) is 25.0 Å². The summed E-state index contributed by atoms with van der Waals surface area (Å²) in [5.41, 5.74) is 2.83. The maximum absolute atomic E-state index is 14.5. The minimum atomic E-state index is -4.29. The first-order valence-corrected chi connectivity index (χ1v) is 16.1. The molecule has 2 amide bonds. The lowest BCUT2D eigenvalue weighted by atomic mass is 10.0. The summed E-state index contributed by atoms with van der Waals surface area (Å²) in [6.45, 7) is 3.53. The summed E-state index contributed by atoms with van der Waals surface area (Å²) in [5, 5.41) is 3.07. The number of rotatable bonds is 13. The predicted octanol–water partition coefficient (Wildman–Crippen LogP) is 5.63. The Bertz CT molecular complexity index is 1680. The first kappa shape index (κ1) is 32.6. The van der Waals surface area contributed by atoms with Crippen molar-refractivity contribution in [3.8, 4) is 5.75 Å². The molecule has 4 aromatic carbocycles. The van der Waals surface area contributed by atoms with Gasteiger partial charge < -0.3 is 15.0 Å². The Kier molecular flexibility index (Phi) is 11.0. The summed E-state index contributed by atoms with van der Waals surface area (Å²) in [5.74, 6) is -0.614. The van der Waals surface area contributed by atoms with E-state index in [9.17, 15) is 18.0 Å². The topological polar surface area (TPSA) is 96.0 Å². The molecule has 0 fully saturated rings. The van der Waals surface area contributed by atoms with Crippen molar-refractivity contribution in [1.29, 1.82) is 0 Å². The number of anilines is 1. The van der Waals surface area contributed by atoms with Crippen molar-refractivity contribution in [3.63, 3.8) is 0 Å². The number of carbonyl (C=O) groups is 2. The van der Waals surface area contributed by atoms with Crippen LogP contribution in [0.3, 0.4) is 0 Å². The molecule has 8 nitrogen and oxygen atoms in total. The molecule has 0 bridgehead atoms. The molecule has 0 aliphatic heterocycles. The Morgan fingerprint density at radius 2 is 1.52 bits per heavy atom. The van der Waals surface area contributed by atoms with Crippen LogP contribution in [0.5, 0.6) is 5.75 Å². The van der Waals surface area contributed by atoms with Gasteiger partial charge in [-0.25, -0.2) is 8.42 Å². The van der Waals surface area contributed by atoms with Gasteiger partial charge in [0.25, 0.3) is 10.0 Å². The molecule has 10 heteroatoms. The molecule has 1 atom stereocenters. The smallest absolute Gasteiger partial charge is 0.264 e. The van der Waals surface area contributed by atoms with Crippen LogP contribution in [0.1, 0.15) is 23.6 Å². The summed E-state index contributed by atoms with van der Waals surface area (Å²) in [4.78, 5) is 29.3. The lowest BCUT2D eigenvalue weighted by Gasteiger charge is -2.34. The number of nitrogens with zero attached hydrogens (tertiary/aromatic N) is 2. The fourth-order valence-electron chi connectivity index (χ4n) is 4.88. The van der Waals surface area contributed by atoms with Crippen molar-refractivity contribution in [2.45, 2.75) is 37.8 Å². The van der Waals surface area contributed by atoms with Crippen molar-refractivity contribution in [1.82, 2.24) is 10.2 Å². The Hall–Kier alpha value is -4.34. The van der Waals surface area contributed by atoms with Crippen LogP contribution in [-0.4, -0.2) is 51.4 Å². The monoisotopic (exact) mass is 633 g/mol. The highest BCUT2D eigenvalue weighted by atomic mass is 35.5. The van der Waals surface area contributed by atoms with Crippen LogP contribution in [0, 0.1) is 6.92 Å². The quantitative estimate of drug-likeness (QED) is 0.206. The fraction of sp³-hybridized carbons (Fsp3) is 0.235. The normalized spacial score (nSPS) is 11.8. The first-order chi connectivity index (χ1) is 21.1. The molecule has 4 rings (SSSR count). The van der Waals surface area contributed by atoms with Crippen LogP contribution in [0.25, 0.3) is 0 Å². The Morgan fingerprint density at radius 3 is 2.18 bits per heavy atom. The molecule has 0 aromatic heterocycles. The van der Waals surface area contributed by atoms with E-state index < -0.39 is 28.5 Å². The number of para-hydroxylation sites is 2. The number of halogens is 1. The average Bonchev–Trinajstić information content (AvgIpc) is 3.03. The van der Waals surface area contributed by atoms with Crippen molar-refractivity contribution in [3.05, 3.63) is 125 Å². The summed E-state index contributed by atoms with van der Waals surface area (Å²) < 4.78 is 35.2. The first-order valence-electron chi connectivity index (χ1n) is 14.2. The zero-order chi connectivity index (χ0) is 31.7. The van der Waals surface area contributed by atoms with Crippen LogP contribution in [0.4, 0.5) is 5.69 Å². The van der Waals surface area contributed by atoms with E-state index in [-0.39, 0.29) is 36.1 Å². The molecule has 230 valence electrons. The third-order valence-electron chi connectivity index (χ3n) is 7.23. The van der Waals surface area contributed by atoms with Gasteiger partial charge in [-0.05, 0) is 66.9 Å². The highest BCUT2D eigenvalue weighted by molar-refractivity contribution is 7.92. The van der Waals surface area contributed by atoms with E-state index >= 15 is 0 Å². The number of ether oxygens (including phenoxy) is 1. The Morgan fingerprint density at radius 1 is 0.886 bits per heavy atom. The molecule has 0 radical (unpaired) electrons. The van der Waals surface area contributed by atoms with Gasteiger partial charge in [-0.15, -0.1) is 0 Å². The van der Waals surface area contributed by atoms with Crippen LogP contribution >= 0.6 is 11.6 Å². The van der Waals surface area contributed by atoms with Gasteiger partial charge in [0.05, 0.1) is 17.2 Å². The van der Waals surface area contributed by atoms with Gasteiger partial charge in [-0.1, -0.05) is 78.3 Å². The number of nitrogens with one attached hydrogen (secondary N) is 1. The molecule has 4 aromatic rings. The van der Waals surface area contributed by atoms with Gasteiger partial charge in [0.15, 0.2) is 0 Å². The zero-order valence-electron chi connectivity index (χ0n) is 24.9. The number of hydrogen-bond acceptors (Lipinski definition) is 5. The fourth-order valence-corrected chi connectivity index (χ4v) is 6.43. The molecule has 0 spiro atoms. The van der Waals surface area contributed by atoms with E-state index in [0.29, 0.717) is 10.8 Å². The number of hydrogen-bond donors (Lipinski definition) is 1. The van der Waals surface area contributed by atoms with E-state index in [2.05, 4.69) is 5.32 Å². The number of amides is 2. The summed E-state index contributed by atoms with van der Waals surface area (Å²) in [6.07, 6.45) is 0.234. The van der Waals surface area contributed by atoms with Gasteiger partial charge >= 0.3 is 0 Å². The second-order valence-electron chi connectivity index (χ2n) is 10.1. The van der Waals surface area contributed by atoms with E-state index in [0.717, 1.165) is 21.0 Å². The van der Waals surface area contributed by atoms with Crippen LogP contribution in [0.2, 0.25) is 5.02 Å². The highest BCUT2D eigenvalue weighted by Crippen LogP contribution is 2.33. The number of likely N-dealkylation sites (N-methyl/N-ethyl adjacent to an activating group) is 1. The molecular formula is C34H36ClN3O5S. The van der Waals surface area contributed by atoms with E-state index in [1.165, 1.54) is 36.2 Å². The molecule has 0 aliphatic rings. The number of sulfonamides is 1. The van der Waals surface area contributed by atoms with E-state index in [1.807, 2.05) is 61.5 Å². The molecule has 0 saturated carbocycles. The number of aryl methyl sites for hydroxylation is 1. The third-order valence-corrected chi connectivity index (χ3v) is 9.26. The minimum Gasteiger partial charge on any atom is -0.492 e. The van der Waals surface area contributed by atoms with Crippen molar-refractivity contribution in [2.75, 3.05) is 24.5 Å². The Labute approximate surface area is 264 Å². The molecule has 0 heterocycles. The second kappa shape index (κ2) is 14.9. The summed E-state index contributed by atoms with van der Waals surface area (Å²) in [6, 6.07) is 28.5. The van der Waals surface area contributed by atoms with Crippen LogP contribution < -0.4 is 14.4 Å². The summed E-state index contributed by atoms with van der Waals surface area (Å²) in [7, 11) is -2.76. The van der Waals surface area contributed by atoms with Gasteiger partial charge in [-0.2, -0.15) is 0 Å². The minimum absolute atomic E-state index is 0.0430. The molecule has 44 heavy (non-hydrogen) atoms.